The van der Waals surface area contributed by atoms with Crippen molar-refractivity contribution >= 4 is 51.4 Å². The topological polar surface area (TPSA) is 146 Å². The number of nitrogens with one attached hydrogen (secondary N) is 1. The molecule has 0 saturated carbocycles. The number of nitrogens with two attached hydrogens (primary N) is 1. The minimum Gasteiger partial charge on any atom is -0.351 e. The fraction of sp³-hybridized carbons (Fsp3) is 0.103. The van der Waals surface area contributed by atoms with Gasteiger partial charge in [-0.1, -0.05) is 59.7 Å². The molecular weight excluding hydrogens is 714 g/mol. The number of anilines is 4. The molecular formula is C39H31F4N11O. The quantitative estimate of drug-likeness (QED) is 0.162. The summed E-state index contributed by atoms with van der Waals surface area (Å²) >= 11 is 0. The molecule has 0 bridgehead atoms. The molecule has 276 valence electrons. The number of benzene rings is 4. The van der Waals surface area contributed by atoms with Crippen molar-refractivity contribution in [1.82, 2.24) is 39.0 Å². The summed E-state index contributed by atoms with van der Waals surface area (Å²) in [4.78, 5) is 39.4. The summed E-state index contributed by atoms with van der Waals surface area (Å²) in [5.74, 6) is -2.46. The molecule has 4 aromatic heterocycles. The van der Waals surface area contributed by atoms with E-state index in [1.165, 1.54) is 30.6 Å². The third-order valence-electron chi connectivity index (χ3n) is 8.45. The zero-order chi connectivity index (χ0) is 39.0. The second-order valence-corrected chi connectivity index (χ2v) is 12.5. The van der Waals surface area contributed by atoms with Crippen LogP contribution in [0.2, 0.25) is 0 Å². The van der Waals surface area contributed by atoms with E-state index in [0.717, 1.165) is 28.8 Å². The number of halogens is 4. The summed E-state index contributed by atoms with van der Waals surface area (Å²) in [5.41, 5.74) is 9.71. The molecule has 0 fully saturated rings. The minimum absolute atomic E-state index is 0.108. The molecule has 8 aromatic rings. The molecule has 0 saturated heterocycles. The van der Waals surface area contributed by atoms with E-state index >= 15 is 0 Å². The Kier molecular flexibility index (Phi) is 9.63. The zero-order valence-electron chi connectivity index (χ0n) is 29.8. The van der Waals surface area contributed by atoms with Gasteiger partial charge in [-0.3, -0.25) is 0 Å². The Balaban J connectivity index is 0.000000170. The molecule has 12 nitrogen and oxygen atoms in total. The van der Waals surface area contributed by atoms with Gasteiger partial charge in [0, 0.05) is 25.2 Å². The van der Waals surface area contributed by atoms with Crippen LogP contribution in [0.5, 0.6) is 0 Å². The molecule has 0 aliphatic heterocycles. The van der Waals surface area contributed by atoms with Crippen molar-refractivity contribution in [2.75, 3.05) is 10.2 Å². The first kappa shape index (κ1) is 36.1. The summed E-state index contributed by atoms with van der Waals surface area (Å²) in [6.45, 7) is 3.89. The Morgan fingerprint density at radius 3 is 1.65 bits per heavy atom. The number of aromatic nitrogens is 8. The van der Waals surface area contributed by atoms with Crippen LogP contribution in [0, 0.1) is 37.1 Å². The molecule has 0 atom stereocenters. The highest BCUT2D eigenvalue weighted by Gasteiger charge is 2.28. The highest BCUT2D eigenvalue weighted by atomic mass is 19.1. The fourth-order valence-corrected chi connectivity index (χ4v) is 5.83. The molecule has 16 heteroatoms. The predicted molar refractivity (Wildman–Crippen MR) is 201 cm³/mol. The van der Waals surface area contributed by atoms with Gasteiger partial charge in [-0.25, -0.2) is 57.2 Å². The summed E-state index contributed by atoms with van der Waals surface area (Å²) < 4.78 is 60.4. The second-order valence-electron chi connectivity index (χ2n) is 12.5. The lowest BCUT2D eigenvalue weighted by molar-refractivity contribution is 0.255. The molecule has 4 heterocycles. The standard InChI is InChI=1S/C20H16F2N6O.C19H15F2N5/c1-11-5-3-6-12(9-11)17-25-18-15(24-10-27(18)2)19(26-17)28(20(23)29)16-13(21)7-4-8-14(16)22;1-11-5-3-6-12(9-11)17-24-18(16-19(25-17)26(2)10-22-16)23-15-13(20)7-4-8-14(15)21/h3-10H,1-2H3,(H2,23,29);3-10H,1-2H3,(H,23,24,25). The van der Waals surface area contributed by atoms with E-state index in [9.17, 15) is 22.4 Å². The number of amides is 2. The van der Waals surface area contributed by atoms with Crippen LogP contribution in [0.25, 0.3) is 45.1 Å². The van der Waals surface area contributed by atoms with Crippen molar-refractivity contribution in [3.8, 4) is 22.8 Å². The summed E-state index contributed by atoms with van der Waals surface area (Å²) in [6.07, 6.45) is 3.06. The van der Waals surface area contributed by atoms with Gasteiger partial charge in [-0.2, -0.15) is 0 Å². The van der Waals surface area contributed by atoms with E-state index in [2.05, 4.69) is 35.2 Å². The van der Waals surface area contributed by atoms with Crippen molar-refractivity contribution in [1.29, 1.82) is 0 Å². The first-order valence-corrected chi connectivity index (χ1v) is 16.7. The first-order chi connectivity index (χ1) is 26.4. The molecule has 3 N–H and O–H groups in total. The number of fused-ring (bicyclic) bond motifs is 2. The number of rotatable bonds is 6. The highest BCUT2D eigenvalue weighted by molar-refractivity contribution is 6.04. The summed E-state index contributed by atoms with van der Waals surface area (Å²) in [5, 5.41) is 2.74. The number of para-hydroxylation sites is 2. The van der Waals surface area contributed by atoms with Crippen molar-refractivity contribution in [2.24, 2.45) is 19.8 Å². The molecule has 0 aliphatic carbocycles. The van der Waals surface area contributed by atoms with E-state index in [-0.39, 0.29) is 28.7 Å². The van der Waals surface area contributed by atoms with Crippen molar-refractivity contribution in [3.05, 3.63) is 132 Å². The number of carbonyl (C=O) groups is 1. The molecule has 4 aromatic carbocycles. The smallest absolute Gasteiger partial charge is 0.325 e. The van der Waals surface area contributed by atoms with Gasteiger partial charge >= 0.3 is 6.03 Å². The second kappa shape index (κ2) is 14.7. The van der Waals surface area contributed by atoms with Gasteiger partial charge in [0.15, 0.2) is 45.6 Å². The minimum atomic E-state index is -1.10. The van der Waals surface area contributed by atoms with E-state index in [1.807, 2.05) is 56.3 Å². The fourth-order valence-electron chi connectivity index (χ4n) is 5.83. The number of hydrogen-bond acceptors (Lipinski definition) is 8. The Hall–Kier alpha value is -7.23. The molecule has 2 amide bonds. The van der Waals surface area contributed by atoms with Crippen LogP contribution in [0.15, 0.2) is 97.6 Å². The number of nitrogens with zero attached hydrogens (tertiary/aromatic N) is 9. The molecule has 8 rings (SSSR count). The van der Waals surface area contributed by atoms with Gasteiger partial charge in [-0.05, 0) is 50.2 Å². The average Bonchev–Trinajstić information content (AvgIpc) is 3.73. The predicted octanol–water partition coefficient (Wildman–Crippen LogP) is 8.19. The monoisotopic (exact) mass is 745 g/mol. The van der Waals surface area contributed by atoms with Gasteiger partial charge in [0.25, 0.3) is 0 Å². The summed E-state index contributed by atoms with van der Waals surface area (Å²) in [6, 6.07) is 21.0. The maximum absolute atomic E-state index is 14.5. The van der Waals surface area contributed by atoms with Crippen molar-refractivity contribution in [2.45, 2.75) is 13.8 Å². The molecule has 0 unspecified atom stereocenters. The number of aryl methyl sites for hydroxylation is 4. The third kappa shape index (κ3) is 7.12. The van der Waals surface area contributed by atoms with Gasteiger partial charge in [0.2, 0.25) is 0 Å². The van der Waals surface area contributed by atoms with Crippen LogP contribution in [0.4, 0.5) is 45.4 Å². The van der Waals surface area contributed by atoms with E-state index in [0.29, 0.717) is 33.1 Å². The lowest BCUT2D eigenvalue weighted by Gasteiger charge is -2.21. The third-order valence-corrected chi connectivity index (χ3v) is 8.45. The number of imidazole rings is 2. The van der Waals surface area contributed by atoms with Crippen LogP contribution in [-0.2, 0) is 14.1 Å². The Bertz CT molecular complexity index is 2710. The Labute approximate surface area is 311 Å². The van der Waals surface area contributed by atoms with Crippen molar-refractivity contribution in [3.63, 3.8) is 0 Å². The Morgan fingerprint density at radius 1 is 0.655 bits per heavy atom. The highest BCUT2D eigenvalue weighted by Crippen LogP contribution is 2.35. The molecule has 55 heavy (non-hydrogen) atoms. The van der Waals surface area contributed by atoms with Gasteiger partial charge < -0.3 is 20.2 Å². The number of urea groups is 1. The maximum atomic E-state index is 14.5. The van der Waals surface area contributed by atoms with Crippen LogP contribution < -0.4 is 16.0 Å². The number of carbonyl (C=O) groups excluding carboxylic acids is 1. The van der Waals surface area contributed by atoms with Crippen LogP contribution in [0.3, 0.4) is 0 Å². The van der Waals surface area contributed by atoms with Gasteiger partial charge in [0.1, 0.15) is 34.6 Å². The van der Waals surface area contributed by atoms with Crippen LogP contribution in [-0.4, -0.2) is 45.1 Å². The molecule has 0 aliphatic rings. The van der Waals surface area contributed by atoms with Gasteiger partial charge in [0.05, 0.1) is 12.7 Å². The SMILES string of the molecule is Cc1cccc(-c2nc(N(C(N)=O)c3c(F)cccc3F)c3ncn(C)c3n2)c1.Cc1cccc(-c2nc(Nc3c(F)cccc3F)c3ncn(C)c3n2)c1. The number of hydrogen-bond donors (Lipinski definition) is 2. The summed E-state index contributed by atoms with van der Waals surface area (Å²) in [7, 11) is 3.51. The average molecular weight is 746 g/mol. The number of primary amides is 1. The van der Waals surface area contributed by atoms with E-state index < -0.39 is 35.0 Å². The largest absolute Gasteiger partial charge is 0.351 e. The first-order valence-electron chi connectivity index (χ1n) is 16.7. The normalized spacial score (nSPS) is 11.1. The zero-order valence-corrected chi connectivity index (χ0v) is 29.8. The Morgan fingerprint density at radius 2 is 1.13 bits per heavy atom. The van der Waals surface area contributed by atoms with Crippen LogP contribution in [0.1, 0.15) is 11.1 Å². The van der Waals surface area contributed by atoms with Gasteiger partial charge in [-0.15, -0.1) is 0 Å². The lowest BCUT2D eigenvalue weighted by Crippen LogP contribution is -2.34. The lowest BCUT2D eigenvalue weighted by atomic mass is 10.1. The van der Waals surface area contributed by atoms with Crippen molar-refractivity contribution < 1.29 is 22.4 Å². The molecule has 0 spiro atoms. The van der Waals surface area contributed by atoms with Crippen LogP contribution >= 0.6 is 0 Å². The van der Waals surface area contributed by atoms with E-state index in [1.54, 1.807) is 35.6 Å². The van der Waals surface area contributed by atoms with E-state index in [4.69, 9.17) is 5.73 Å². The maximum Gasteiger partial charge on any atom is 0.325 e. The molecule has 0 radical (unpaired) electrons.